The van der Waals surface area contributed by atoms with E-state index in [4.69, 9.17) is 0 Å². The molecule has 2 rings (SSSR count). The van der Waals surface area contributed by atoms with Crippen molar-refractivity contribution in [3.05, 3.63) is 0 Å². The van der Waals surface area contributed by atoms with E-state index in [1.54, 1.807) is 0 Å². The first-order valence-corrected chi connectivity index (χ1v) is 8.25. The predicted octanol–water partition coefficient (Wildman–Crippen LogP) is 2.18. The maximum atomic E-state index is 12.5. The highest BCUT2D eigenvalue weighted by Gasteiger charge is 2.37. The van der Waals surface area contributed by atoms with Crippen molar-refractivity contribution in [2.24, 2.45) is 5.41 Å². The monoisotopic (exact) mass is 317 g/mol. The van der Waals surface area contributed by atoms with Gasteiger partial charge >= 0.3 is 0 Å². The van der Waals surface area contributed by atoms with Crippen LogP contribution in [0.4, 0.5) is 0 Å². The lowest BCUT2D eigenvalue weighted by atomic mass is 9.77. The Morgan fingerprint density at radius 1 is 1.29 bits per heavy atom. The van der Waals surface area contributed by atoms with Gasteiger partial charge in [0.15, 0.2) is 0 Å². The molecule has 0 aromatic carbocycles. The van der Waals surface area contributed by atoms with E-state index >= 15 is 0 Å². The summed E-state index contributed by atoms with van der Waals surface area (Å²) >= 11 is 0. The van der Waals surface area contributed by atoms with Gasteiger partial charge < -0.3 is 15.5 Å². The van der Waals surface area contributed by atoms with Crippen molar-refractivity contribution < 1.29 is 4.79 Å². The zero-order chi connectivity index (χ0) is 14.6. The van der Waals surface area contributed by atoms with E-state index in [0.717, 1.165) is 19.5 Å². The van der Waals surface area contributed by atoms with E-state index in [1.165, 1.54) is 38.8 Å². The molecule has 2 aliphatic heterocycles. The highest BCUT2D eigenvalue weighted by molar-refractivity contribution is 5.85. The first kappa shape index (κ1) is 18.7. The molecule has 0 radical (unpaired) electrons. The summed E-state index contributed by atoms with van der Waals surface area (Å²) in [4.78, 5) is 15.0. The highest BCUT2D eigenvalue weighted by atomic mass is 35.5. The highest BCUT2D eigenvalue weighted by Crippen LogP contribution is 2.30. The molecule has 21 heavy (non-hydrogen) atoms. The molecule has 2 unspecified atom stereocenters. The van der Waals surface area contributed by atoms with Crippen LogP contribution in [0, 0.1) is 5.41 Å². The zero-order valence-electron chi connectivity index (χ0n) is 13.8. The molecular weight excluding hydrogens is 286 g/mol. The molecule has 2 aliphatic rings. The summed E-state index contributed by atoms with van der Waals surface area (Å²) in [5, 5.41) is 6.60. The number of likely N-dealkylation sites (tertiary alicyclic amines) is 1. The number of piperidine rings is 2. The second-order valence-corrected chi connectivity index (χ2v) is 7.25. The molecule has 0 aromatic rings. The van der Waals surface area contributed by atoms with Crippen molar-refractivity contribution >= 4 is 18.3 Å². The normalized spacial score (nSPS) is 27.5. The van der Waals surface area contributed by atoms with E-state index < -0.39 is 0 Å². The molecule has 2 heterocycles. The van der Waals surface area contributed by atoms with Gasteiger partial charge in [0.2, 0.25) is 5.91 Å². The number of carbonyl (C=O) groups is 1. The smallest absolute Gasteiger partial charge is 0.237 e. The average Bonchev–Trinajstić information content (AvgIpc) is 2.38. The maximum Gasteiger partial charge on any atom is 0.237 e. The molecule has 5 heteroatoms. The Morgan fingerprint density at radius 3 is 2.57 bits per heavy atom. The largest absolute Gasteiger partial charge is 0.351 e. The van der Waals surface area contributed by atoms with Gasteiger partial charge in [0, 0.05) is 12.6 Å². The number of nitrogens with one attached hydrogen (secondary N) is 2. The van der Waals surface area contributed by atoms with Gasteiger partial charge in [-0.05, 0) is 57.7 Å². The molecule has 0 saturated carbocycles. The molecule has 0 aliphatic carbocycles. The lowest BCUT2D eigenvalue weighted by molar-refractivity contribution is -0.127. The fourth-order valence-corrected chi connectivity index (χ4v) is 3.56. The van der Waals surface area contributed by atoms with E-state index in [2.05, 4.69) is 36.3 Å². The third-order valence-corrected chi connectivity index (χ3v) is 4.76. The number of rotatable bonds is 4. The summed E-state index contributed by atoms with van der Waals surface area (Å²) in [6.07, 6.45) is 6.26. The first-order chi connectivity index (χ1) is 9.49. The van der Waals surface area contributed by atoms with Crippen LogP contribution in [0.3, 0.4) is 0 Å². The molecule has 1 amide bonds. The van der Waals surface area contributed by atoms with Gasteiger partial charge in [0.25, 0.3) is 0 Å². The van der Waals surface area contributed by atoms with Crippen LogP contribution in [0.15, 0.2) is 0 Å². The molecule has 4 nitrogen and oxygen atoms in total. The Balaban J connectivity index is 0.00000220. The van der Waals surface area contributed by atoms with Gasteiger partial charge in [-0.2, -0.15) is 0 Å². The lowest BCUT2D eigenvalue weighted by Crippen LogP contribution is -2.58. The van der Waals surface area contributed by atoms with Crippen LogP contribution in [0.2, 0.25) is 0 Å². The Hall–Kier alpha value is -0.320. The minimum atomic E-state index is -0.0416. The summed E-state index contributed by atoms with van der Waals surface area (Å²) < 4.78 is 0. The molecule has 2 N–H and O–H groups in total. The number of amides is 1. The Kier molecular flexibility index (Phi) is 7.45. The van der Waals surface area contributed by atoms with Crippen molar-refractivity contribution in [3.63, 3.8) is 0 Å². The maximum absolute atomic E-state index is 12.5. The Bertz CT molecular complexity index is 329. The molecule has 2 saturated heterocycles. The van der Waals surface area contributed by atoms with Gasteiger partial charge in [-0.1, -0.05) is 20.3 Å². The number of hydrogen-bond donors (Lipinski definition) is 2. The SMILES string of the molecule is CC(CN1CCCCC1)NC(=O)C1NCCCC1(C)C.Cl. The molecule has 2 atom stereocenters. The van der Waals surface area contributed by atoms with Crippen molar-refractivity contribution in [1.82, 2.24) is 15.5 Å². The van der Waals surface area contributed by atoms with E-state index in [1.807, 2.05) is 0 Å². The van der Waals surface area contributed by atoms with Crippen molar-refractivity contribution in [2.45, 2.75) is 65.0 Å². The zero-order valence-corrected chi connectivity index (χ0v) is 14.6. The second kappa shape index (κ2) is 8.35. The molecular formula is C16H32ClN3O. The van der Waals surface area contributed by atoms with Gasteiger partial charge in [0.05, 0.1) is 6.04 Å². The third kappa shape index (κ3) is 5.42. The Labute approximate surface area is 135 Å². The molecule has 0 bridgehead atoms. The fourth-order valence-electron chi connectivity index (χ4n) is 3.56. The Morgan fingerprint density at radius 2 is 1.95 bits per heavy atom. The molecule has 0 aromatic heterocycles. The first-order valence-electron chi connectivity index (χ1n) is 8.25. The number of halogens is 1. The number of hydrogen-bond acceptors (Lipinski definition) is 3. The average molecular weight is 318 g/mol. The van der Waals surface area contributed by atoms with E-state index in [9.17, 15) is 4.79 Å². The summed E-state index contributed by atoms with van der Waals surface area (Å²) in [5.41, 5.74) is 0.0627. The number of nitrogens with zero attached hydrogens (tertiary/aromatic N) is 1. The fraction of sp³-hybridized carbons (Fsp3) is 0.938. The summed E-state index contributed by atoms with van der Waals surface area (Å²) in [6.45, 7) is 10.8. The van der Waals surface area contributed by atoms with Crippen LogP contribution in [-0.4, -0.2) is 49.1 Å². The lowest BCUT2D eigenvalue weighted by Gasteiger charge is -2.39. The van der Waals surface area contributed by atoms with Crippen LogP contribution in [0.1, 0.15) is 52.9 Å². The quantitative estimate of drug-likeness (QED) is 0.835. The molecule has 0 spiro atoms. The number of carbonyl (C=O) groups excluding carboxylic acids is 1. The van der Waals surface area contributed by atoms with E-state index in [0.29, 0.717) is 0 Å². The second-order valence-electron chi connectivity index (χ2n) is 7.25. The van der Waals surface area contributed by atoms with Crippen LogP contribution in [0.25, 0.3) is 0 Å². The van der Waals surface area contributed by atoms with Crippen molar-refractivity contribution in [1.29, 1.82) is 0 Å². The van der Waals surface area contributed by atoms with Crippen LogP contribution in [0.5, 0.6) is 0 Å². The summed E-state index contributed by atoms with van der Waals surface area (Å²) in [6, 6.07) is 0.195. The van der Waals surface area contributed by atoms with Gasteiger partial charge in [-0.15, -0.1) is 12.4 Å². The minimum absolute atomic E-state index is 0. The summed E-state index contributed by atoms with van der Waals surface area (Å²) in [7, 11) is 0. The minimum Gasteiger partial charge on any atom is -0.351 e. The van der Waals surface area contributed by atoms with Crippen LogP contribution < -0.4 is 10.6 Å². The standard InChI is InChI=1S/C16H31N3O.ClH/c1-13(12-19-10-5-4-6-11-19)18-15(20)14-16(2,3)8-7-9-17-14;/h13-14,17H,4-12H2,1-3H3,(H,18,20);1H. The predicted molar refractivity (Wildman–Crippen MR) is 89.9 cm³/mol. The third-order valence-electron chi connectivity index (χ3n) is 4.76. The van der Waals surface area contributed by atoms with E-state index in [-0.39, 0.29) is 35.8 Å². The van der Waals surface area contributed by atoms with Crippen molar-refractivity contribution in [3.8, 4) is 0 Å². The summed E-state index contributed by atoms with van der Waals surface area (Å²) in [5.74, 6) is 0.180. The van der Waals surface area contributed by atoms with Crippen molar-refractivity contribution in [2.75, 3.05) is 26.2 Å². The van der Waals surface area contributed by atoms with Gasteiger partial charge in [-0.3, -0.25) is 4.79 Å². The van der Waals surface area contributed by atoms with Gasteiger partial charge in [-0.25, -0.2) is 0 Å². The molecule has 124 valence electrons. The van der Waals surface area contributed by atoms with Crippen LogP contribution in [-0.2, 0) is 4.79 Å². The topological polar surface area (TPSA) is 44.4 Å². The van der Waals surface area contributed by atoms with Crippen LogP contribution >= 0.6 is 12.4 Å². The molecule has 2 fully saturated rings. The van der Waals surface area contributed by atoms with Gasteiger partial charge in [0.1, 0.15) is 0 Å².